The normalized spacial score (nSPS) is 11.6. The summed E-state index contributed by atoms with van der Waals surface area (Å²) in [5.74, 6) is 0. The van der Waals surface area contributed by atoms with Crippen LogP contribution in [0, 0.1) is 6.92 Å². The van der Waals surface area contributed by atoms with Crippen LogP contribution in [-0.2, 0) is 16.4 Å². The van der Waals surface area contributed by atoms with Gasteiger partial charge < -0.3 is 4.52 Å². The van der Waals surface area contributed by atoms with E-state index in [0.29, 0.717) is 13.0 Å². The van der Waals surface area contributed by atoms with Gasteiger partial charge in [0.25, 0.3) is 0 Å². The summed E-state index contributed by atoms with van der Waals surface area (Å²) in [4.78, 5) is 0.272. The molecule has 0 amide bonds. The van der Waals surface area contributed by atoms with Crippen LogP contribution >= 0.6 is 0 Å². The van der Waals surface area contributed by atoms with Gasteiger partial charge in [-0.15, -0.1) is 0 Å². The standard InChI is InChI=1S/C19H20N2O3S/c1-15-4-6-17(7-5-15)18-8-10-19(11-9-18)25(22,23)21-12-2-3-16-13-20-24-14-16/h4-11,13-14,21H,2-3,12H2,1H3. The van der Waals surface area contributed by atoms with E-state index in [1.165, 1.54) is 5.56 Å². The van der Waals surface area contributed by atoms with Gasteiger partial charge in [-0.1, -0.05) is 47.1 Å². The Labute approximate surface area is 147 Å². The van der Waals surface area contributed by atoms with Crippen LogP contribution in [0.2, 0.25) is 0 Å². The average Bonchev–Trinajstić information content (AvgIpc) is 3.13. The molecule has 3 rings (SSSR count). The highest BCUT2D eigenvalue weighted by Crippen LogP contribution is 2.21. The Hall–Kier alpha value is -2.44. The molecule has 1 N–H and O–H groups in total. The van der Waals surface area contributed by atoms with Gasteiger partial charge in [-0.05, 0) is 43.0 Å². The fourth-order valence-corrected chi connectivity index (χ4v) is 3.58. The second-order valence-electron chi connectivity index (χ2n) is 5.92. The lowest BCUT2D eigenvalue weighted by molar-refractivity contribution is 0.418. The number of hydrogen-bond donors (Lipinski definition) is 1. The predicted molar refractivity (Wildman–Crippen MR) is 96.6 cm³/mol. The van der Waals surface area contributed by atoms with E-state index in [-0.39, 0.29) is 4.90 Å². The van der Waals surface area contributed by atoms with Gasteiger partial charge in [-0.25, -0.2) is 13.1 Å². The minimum Gasteiger partial charge on any atom is -0.364 e. The molecule has 1 heterocycles. The van der Waals surface area contributed by atoms with E-state index < -0.39 is 10.0 Å². The van der Waals surface area contributed by atoms with Crippen molar-refractivity contribution in [3.8, 4) is 11.1 Å². The Morgan fingerprint density at radius 1 is 1.00 bits per heavy atom. The number of hydrogen-bond acceptors (Lipinski definition) is 4. The minimum atomic E-state index is -3.50. The first-order chi connectivity index (χ1) is 12.0. The maximum absolute atomic E-state index is 12.3. The summed E-state index contributed by atoms with van der Waals surface area (Å²) >= 11 is 0. The molecule has 0 saturated carbocycles. The van der Waals surface area contributed by atoms with Gasteiger partial charge in [-0.3, -0.25) is 0 Å². The van der Waals surface area contributed by atoms with Crippen molar-refractivity contribution in [1.82, 2.24) is 9.88 Å². The van der Waals surface area contributed by atoms with E-state index in [2.05, 4.69) is 9.88 Å². The summed E-state index contributed by atoms with van der Waals surface area (Å²) in [6, 6.07) is 15.1. The van der Waals surface area contributed by atoms with Gasteiger partial charge in [0, 0.05) is 12.1 Å². The molecule has 0 aliphatic heterocycles. The Morgan fingerprint density at radius 2 is 1.64 bits per heavy atom. The average molecular weight is 356 g/mol. The third-order valence-corrected chi connectivity index (χ3v) is 5.44. The topological polar surface area (TPSA) is 72.2 Å². The van der Waals surface area contributed by atoms with Gasteiger partial charge in [0.05, 0.1) is 11.1 Å². The highest BCUT2D eigenvalue weighted by atomic mass is 32.2. The molecule has 5 nitrogen and oxygen atoms in total. The maximum atomic E-state index is 12.3. The van der Waals surface area contributed by atoms with Crippen molar-refractivity contribution in [3.63, 3.8) is 0 Å². The maximum Gasteiger partial charge on any atom is 0.240 e. The van der Waals surface area contributed by atoms with Crippen molar-refractivity contribution in [2.45, 2.75) is 24.7 Å². The smallest absolute Gasteiger partial charge is 0.240 e. The Balaban J connectivity index is 1.61. The summed E-state index contributed by atoms with van der Waals surface area (Å²) in [7, 11) is -3.50. The molecule has 0 saturated heterocycles. The van der Waals surface area contributed by atoms with Gasteiger partial charge in [-0.2, -0.15) is 0 Å². The zero-order chi connectivity index (χ0) is 17.7. The highest BCUT2D eigenvalue weighted by molar-refractivity contribution is 7.89. The molecule has 0 aliphatic rings. The van der Waals surface area contributed by atoms with Crippen molar-refractivity contribution in [2.24, 2.45) is 0 Å². The van der Waals surface area contributed by atoms with Crippen molar-refractivity contribution in [3.05, 3.63) is 72.1 Å². The van der Waals surface area contributed by atoms with Crippen LogP contribution in [0.15, 0.2) is 70.4 Å². The van der Waals surface area contributed by atoms with Crippen LogP contribution < -0.4 is 4.72 Å². The highest BCUT2D eigenvalue weighted by Gasteiger charge is 2.13. The van der Waals surface area contributed by atoms with Crippen LogP contribution in [0.5, 0.6) is 0 Å². The molecule has 6 heteroatoms. The third-order valence-electron chi connectivity index (χ3n) is 3.97. The second kappa shape index (κ2) is 7.63. The Bertz CT molecular complexity index is 900. The van der Waals surface area contributed by atoms with Crippen LogP contribution in [0.25, 0.3) is 11.1 Å². The fraction of sp³-hybridized carbons (Fsp3) is 0.211. The molecule has 2 aromatic carbocycles. The largest absolute Gasteiger partial charge is 0.364 e. The number of benzene rings is 2. The van der Waals surface area contributed by atoms with E-state index in [1.54, 1.807) is 24.6 Å². The molecule has 0 fully saturated rings. The zero-order valence-electron chi connectivity index (χ0n) is 14.0. The SMILES string of the molecule is Cc1ccc(-c2ccc(S(=O)(=O)NCCCc3cnoc3)cc2)cc1. The molecule has 0 aliphatic carbocycles. The predicted octanol–water partition coefficient (Wildman–Crippen LogP) is 3.56. The van der Waals surface area contributed by atoms with E-state index in [4.69, 9.17) is 4.52 Å². The van der Waals surface area contributed by atoms with Gasteiger partial charge >= 0.3 is 0 Å². The summed E-state index contributed by atoms with van der Waals surface area (Å²) in [5.41, 5.74) is 4.21. The van der Waals surface area contributed by atoms with E-state index in [9.17, 15) is 8.42 Å². The van der Waals surface area contributed by atoms with Crippen LogP contribution in [0.1, 0.15) is 17.5 Å². The fourth-order valence-electron chi connectivity index (χ4n) is 2.51. The Morgan fingerprint density at radius 3 is 2.24 bits per heavy atom. The molecule has 0 bridgehead atoms. The van der Waals surface area contributed by atoms with Crippen molar-refractivity contribution < 1.29 is 12.9 Å². The van der Waals surface area contributed by atoms with E-state index in [0.717, 1.165) is 23.1 Å². The first kappa shape index (κ1) is 17.4. The molecular formula is C19H20N2O3S. The molecule has 130 valence electrons. The molecule has 0 spiro atoms. The minimum absolute atomic E-state index is 0.272. The number of aryl methyl sites for hydroxylation is 2. The molecule has 0 unspecified atom stereocenters. The van der Waals surface area contributed by atoms with Crippen molar-refractivity contribution >= 4 is 10.0 Å². The molecule has 1 aromatic heterocycles. The Kier molecular flexibility index (Phi) is 5.31. The van der Waals surface area contributed by atoms with E-state index in [1.807, 2.05) is 43.3 Å². The van der Waals surface area contributed by atoms with Gasteiger partial charge in [0.2, 0.25) is 10.0 Å². The van der Waals surface area contributed by atoms with Crippen LogP contribution in [0.3, 0.4) is 0 Å². The lowest BCUT2D eigenvalue weighted by atomic mass is 10.0. The monoisotopic (exact) mass is 356 g/mol. The third kappa shape index (κ3) is 4.55. The lowest BCUT2D eigenvalue weighted by Gasteiger charge is -2.08. The van der Waals surface area contributed by atoms with Crippen LogP contribution in [0.4, 0.5) is 0 Å². The number of rotatable bonds is 7. The molecular weight excluding hydrogens is 336 g/mol. The molecule has 3 aromatic rings. The van der Waals surface area contributed by atoms with Gasteiger partial charge in [0.1, 0.15) is 6.26 Å². The zero-order valence-corrected chi connectivity index (χ0v) is 14.8. The van der Waals surface area contributed by atoms with Gasteiger partial charge in [0.15, 0.2) is 0 Å². The number of sulfonamides is 1. The van der Waals surface area contributed by atoms with Crippen LogP contribution in [-0.4, -0.2) is 20.1 Å². The number of nitrogens with one attached hydrogen (secondary N) is 1. The summed E-state index contributed by atoms with van der Waals surface area (Å²) in [6.45, 7) is 2.40. The lowest BCUT2D eigenvalue weighted by Crippen LogP contribution is -2.25. The number of aromatic nitrogens is 1. The second-order valence-corrected chi connectivity index (χ2v) is 7.69. The first-order valence-electron chi connectivity index (χ1n) is 8.10. The van der Waals surface area contributed by atoms with Crippen molar-refractivity contribution in [2.75, 3.05) is 6.54 Å². The summed E-state index contributed by atoms with van der Waals surface area (Å²) in [6.07, 6.45) is 4.61. The molecule has 0 radical (unpaired) electrons. The quantitative estimate of drug-likeness (QED) is 0.657. The molecule has 25 heavy (non-hydrogen) atoms. The van der Waals surface area contributed by atoms with E-state index >= 15 is 0 Å². The summed E-state index contributed by atoms with van der Waals surface area (Å²) < 4.78 is 32.1. The summed E-state index contributed by atoms with van der Waals surface area (Å²) in [5, 5.41) is 3.62. The first-order valence-corrected chi connectivity index (χ1v) is 9.58. The van der Waals surface area contributed by atoms with Crippen molar-refractivity contribution in [1.29, 1.82) is 0 Å². The number of nitrogens with zero attached hydrogens (tertiary/aromatic N) is 1. The molecule has 0 atom stereocenters.